The van der Waals surface area contributed by atoms with Crippen LogP contribution in [-0.4, -0.2) is 62.8 Å². The minimum atomic E-state index is -0.241. The Morgan fingerprint density at radius 2 is 1.80 bits per heavy atom. The summed E-state index contributed by atoms with van der Waals surface area (Å²) in [5, 5.41) is 3.55. The normalized spacial score (nSPS) is 15.8. The Morgan fingerprint density at radius 1 is 0.927 bits per heavy atom. The lowest BCUT2D eigenvalue weighted by molar-refractivity contribution is -0.144. The Hall–Kier alpha value is -3.10. The molecule has 7 nitrogen and oxygen atoms in total. The number of nitrogens with zero attached hydrogens (tertiary/aromatic N) is 3. The summed E-state index contributed by atoms with van der Waals surface area (Å²) >= 11 is 1.81. The molecular weight excluding hydrogens is 534 g/mol. The van der Waals surface area contributed by atoms with E-state index in [2.05, 4.69) is 46.4 Å². The second-order valence-corrected chi connectivity index (χ2v) is 12.0. The predicted molar refractivity (Wildman–Crippen MR) is 167 cm³/mol. The van der Waals surface area contributed by atoms with Crippen molar-refractivity contribution in [3.63, 3.8) is 0 Å². The standard InChI is InChI=1S/C33H43N3O4S/c1-2-3-4-5-11-33(38)40-25-36-30-24-27(14-12-26(30)13-15-32(36)37)39-22-7-6-17-34-18-20-35(21-19-34)29-9-8-10-31-28(29)16-23-41-31/h8-10,12,14,16,23-24H,2-7,11,13,15,17-22,25H2,1H3. The van der Waals surface area contributed by atoms with E-state index in [0.29, 0.717) is 25.9 Å². The number of amides is 1. The molecule has 0 spiro atoms. The maximum Gasteiger partial charge on any atom is 0.307 e. The van der Waals surface area contributed by atoms with Gasteiger partial charge in [0.1, 0.15) is 5.75 Å². The zero-order chi connectivity index (χ0) is 28.4. The highest BCUT2D eigenvalue weighted by Gasteiger charge is 2.26. The molecule has 0 bridgehead atoms. The van der Waals surface area contributed by atoms with Crippen LogP contribution in [0.2, 0.25) is 0 Å². The van der Waals surface area contributed by atoms with Crippen molar-refractivity contribution in [3.8, 4) is 5.75 Å². The maximum atomic E-state index is 12.7. The Bertz CT molecular complexity index is 1300. The Balaban J connectivity index is 1.03. The van der Waals surface area contributed by atoms with Gasteiger partial charge < -0.3 is 14.4 Å². The molecule has 220 valence electrons. The molecule has 8 heteroatoms. The van der Waals surface area contributed by atoms with Crippen LogP contribution in [0.25, 0.3) is 10.1 Å². The number of benzene rings is 2. The van der Waals surface area contributed by atoms with Crippen molar-refractivity contribution in [3.05, 3.63) is 53.4 Å². The SMILES string of the molecule is CCCCCCC(=O)OCN1C(=O)CCc2ccc(OCCCCN3CCN(c4cccc5sccc45)CC3)cc21. The molecule has 2 aliphatic rings. The number of hydrogen-bond donors (Lipinski definition) is 0. The molecule has 1 saturated heterocycles. The third-order valence-corrected chi connectivity index (χ3v) is 9.05. The summed E-state index contributed by atoms with van der Waals surface area (Å²) in [7, 11) is 0. The van der Waals surface area contributed by atoms with E-state index in [1.807, 2.05) is 29.5 Å². The highest BCUT2D eigenvalue weighted by molar-refractivity contribution is 7.17. The molecule has 1 amide bonds. The van der Waals surface area contributed by atoms with E-state index in [0.717, 1.165) is 88.2 Å². The average molecular weight is 578 g/mol. The number of carbonyl (C=O) groups is 2. The van der Waals surface area contributed by atoms with Crippen LogP contribution in [0.3, 0.4) is 0 Å². The second-order valence-electron chi connectivity index (χ2n) is 11.1. The molecule has 1 fully saturated rings. The van der Waals surface area contributed by atoms with Gasteiger partial charge in [-0.1, -0.05) is 38.3 Å². The molecule has 0 saturated carbocycles. The smallest absolute Gasteiger partial charge is 0.307 e. The van der Waals surface area contributed by atoms with E-state index < -0.39 is 0 Å². The molecule has 0 aliphatic carbocycles. The van der Waals surface area contributed by atoms with Crippen LogP contribution < -0.4 is 14.5 Å². The second kappa shape index (κ2) is 14.7. The van der Waals surface area contributed by atoms with Crippen LogP contribution in [0.4, 0.5) is 11.4 Å². The fourth-order valence-electron chi connectivity index (χ4n) is 5.75. The summed E-state index contributed by atoms with van der Waals surface area (Å²) in [4.78, 5) is 31.5. The molecule has 1 aromatic heterocycles. The van der Waals surface area contributed by atoms with Crippen molar-refractivity contribution >= 4 is 44.7 Å². The highest BCUT2D eigenvalue weighted by Crippen LogP contribution is 2.32. The molecule has 2 aromatic carbocycles. The number of piperazine rings is 1. The summed E-state index contributed by atoms with van der Waals surface area (Å²) in [5.41, 5.74) is 3.25. The van der Waals surface area contributed by atoms with Crippen LogP contribution in [0.15, 0.2) is 47.8 Å². The number of hydrogen-bond acceptors (Lipinski definition) is 7. The van der Waals surface area contributed by atoms with Crippen molar-refractivity contribution in [2.75, 3.05) is 55.9 Å². The van der Waals surface area contributed by atoms with Gasteiger partial charge in [0, 0.05) is 60.9 Å². The van der Waals surface area contributed by atoms with E-state index in [1.165, 1.54) is 15.8 Å². The van der Waals surface area contributed by atoms with E-state index in [1.54, 1.807) is 4.90 Å². The molecule has 41 heavy (non-hydrogen) atoms. The topological polar surface area (TPSA) is 62.3 Å². The summed E-state index contributed by atoms with van der Waals surface area (Å²) in [6, 6.07) is 14.8. The molecule has 3 heterocycles. The molecule has 0 atom stereocenters. The Morgan fingerprint density at radius 3 is 2.66 bits per heavy atom. The molecular formula is C33H43N3O4S. The minimum absolute atomic E-state index is 0.0134. The lowest BCUT2D eigenvalue weighted by atomic mass is 10.0. The largest absolute Gasteiger partial charge is 0.494 e. The number of aryl methyl sites for hydroxylation is 1. The van der Waals surface area contributed by atoms with Gasteiger partial charge in [0.2, 0.25) is 5.91 Å². The third-order valence-electron chi connectivity index (χ3n) is 8.17. The predicted octanol–water partition coefficient (Wildman–Crippen LogP) is 6.63. The van der Waals surface area contributed by atoms with Gasteiger partial charge in [-0.2, -0.15) is 0 Å². The van der Waals surface area contributed by atoms with Gasteiger partial charge in [0.25, 0.3) is 0 Å². The van der Waals surface area contributed by atoms with Gasteiger partial charge in [-0.05, 0) is 67.4 Å². The maximum absolute atomic E-state index is 12.7. The number of anilines is 2. The molecule has 3 aromatic rings. The zero-order valence-corrected chi connectivity index (χ0v) is 25.1. The summed E-state index contributed by atoms with van der Waals surface area (Å²) in [6.07, 6.45) is 7.71. The first-order chi connectivity index (χ1) is 20.1. The van der Waals surface area contributed by atoms with E-state index in [-0.39, 0.29) is 18.6 Å². The highest BCUT2D eigenvalue weighted by atomic mass is 32.1. The van der Waals surface area contributed by atoms with Gasteiger partial charge >= 0.3 is 5.97 Å². The van der Waals surface area contributed by atoms with E-state index >= 15 is 0 Å². The van der Waals surface area contributed by atoms with Gasteiger partial charge in [0.05, 0.1) is 12.3 Å². The van der Waals surface area contributed by atoms with Gasteiger partial charge in [-0.3, -0.25) is 19.4 Å². The number of carbonyl (C=O) groups excluding carboxylic acids is 2. The summed E-state index contributed by atoms with van der Waals surface area (Å²) < 4.78 is 12.9. The van der Waals surface area contributed by atoms with Crippen LogP contribution in [0.1, 0.15) is 63.9 Å². The number of esters is 1. The number of fused-ring (bicyclic) bond motifs is 2. The number of unbranched alkanes of at least 4 members (excludes halogenated alkanes) is 4. The first kappa shape index (κ1) is 29.4. The first-order valence-corrected chi connectivity index (χ1v) is 16.2. The third kappa shape index (κ3) is 7.80. The number of rotatable bonds is 14. The number of thiophene rings is 1. The molecule has 5 rings (SSSR count). The average Bonchev–Trinajstić information content (AvgIpc) is 3.48. The van der Waals surface area contributed by atoms with Crippen LogP contribution in [-0.2, 0) is 20.7 Å². The van der Waals surface area contributed by atoms with Crippen molar-refractivity contribution in [1.29, 1.82) is 0 Å². The van der Waals surface area contributed by atoms with E-state index in [4.69, 9.17) is 9.47 Å². The Kier molecular flexibility index (Phi) is 10.5. The monoisotopic (exact) mass is 577 g/mol. The molecule has 0 N–H and O–H groups in total. The lowest BCUT2D eigenvalue weighted by Gasteiger charge is -2.36. The van der Waals surface area contributed by atoms with Crippen LogP contribution >= 0.6 is 11.3 Å². The van der Waals surface area contributed by atoms with Gasteiger partial charge in [0.15, 0.2) is 6.73 Å². The summed E-state index contributed by atoms with van der Waals surface area (Å²) in [6.45, 7) is 8.12. The molecule has 0 radical (unpaired) electrons. The van der Waals surface area contributed by atoms with Crippen molar-refractivity contribution in [2.45, 2.75) is 64.7 Å². The van der Waals surface area contributed by atoms with Crippen molar-refractivity contribution < 1.29 is 19.1 Å². The van der Waals surface area contributed by atoms with E-state index in [9.17, 15) is 9.59 Å². The summed E-state index contributed by atoms with van der Waals surface area (Å²) in [5.74, 6) is 0.501. The fourth-order valence-corrected chi connectivity index (χ4v) is 6.55. The Labute approximate surface area is 248 Å². The zero-order valence-electron chi connectivity index (χ0n) is 24.3. The lowest BCUT2D eigenvalue weighted by Crippen LogP contribution is -2.46. The minimum Gasteiger partial charge on any atom is -0.494 e. The quantitative estimate of drug-likeness (QED) is 0.158. The van der Waals surface area contributed by atoms with Crippen molar-refractivity contribution in [1.82, 2.24) is 4.90 Å². The van der Waals surface area contributed by atoms with Gasteiger partial charge in [-0.15, -0.1) is 11.3 Å². The fraction of sp³-hybridized carbons (Fsp3) is 0.515. The first-order valence-electron chi connectivity index (χ1n) is 15.3. The molecule has 0 unspecified atom stereocenters. The van der Waals surface area contributed by atoms with Gasteiger partial charge in [-0.25, -0.2) is 0 Å². The molecule has 2 aliphatic heterocycles. The van der Waals surface area contributed by atoms with Crippen LogP contribution in [0.5, 0.6) is 5.75 Å². The number of ether oxygens (including phenoxy) is 2. The van der Waals surface area contributed by atoms with Crippen molar-refractivity contribution in [2.24, 2.45) is 0 Å². The van der Waals surface area contributed by atoms with Crippen LogP contribution in [0, 0.1) is 0 Å².